The van der Waals surface area contributed by atoms with Gasteiger partial charge in [0.1, 0.15) is 29.0 Å². The molecule has 0 unspecified atom stereocenters. The summed E-state index contributed by atoms with van der Waals surface area (Å²) in [6.07, 6.45) is 2.36. The second kappa shape index (κ2) is 20.7. The highest BCUT2D eigenvalue weighted by Crippen LogP contribution is 2.24. The summed E-state index contributed by atoms with van der Waals surface area (Å²) in [4.78, 5) is 15.2. The van der Waals surface area contributed by atoms with E-state index in [2.05, 4.69) is 110 Å². The standard InChI is InChI=1S/C18H22IN3O2.C10H14O.C9H10FIN2O/c1-21(13-14-3-5-16(23-2)6-4-14)17-11-15(19)12-18(20-17)22-7-9-24-10-8-22;1-3-4-9-5-7-10(11-2)8-6-9;10-8-5-7(11)6-9(12-8)13-1-3-14-4-2-13/h3-6,11-12H,7-10,13H2,1-2H3;5-8H,3-4H2,1-2H3;5-6H,1-4H2. The number of pyridine rings is 2. The molecule has 0 bridgehead atoms. The van der Waals surface area contributed by atoms with Crippen molar-refractivity contribution in [1.82, 2.24) is 9.97 Å². The Hall–Kier alpha value is -2.95. The molecule has 0 N–H and O–H groups in total. The summed E-state index contributed by atoms with van der Waals surface area (Å²) in [5.41, 5.74) is 2.61. The van der Waals surface area contributed by atoms with Crippen LogP contribution in [0, 0.1) is 13.1 Å². The Bertz CT molecular complexity index is 1530. The summed E-state index contributed by atoms with van der Waals surface area (Å²) in [6.45, 7) is 9.27. The molecule has 2 fully saturated rings. The molecule has 4 aromatic rings. The van der Waals surface area contributed by atoms with Crippen LogP contribution in [0.4, 0.5) is 21.8 Å². The molecule has 0 atom stereocenters. The number of hydrogen-bond acceptors (Lipinski definition) is 9. The Kier molecular flexibility index (Phi) is 16.4. The molecule has 0 radical (unpaired) electrons. The number of methoxy groups -OCH3 is 2. The van der Waals surface area contributed by atoms with Crippen LogP contribution in [0.2, 0.25) is 0 Å². The highest BCUT2D eigenvalue weighted by atomic mass is 127. The van der Waals surface area contributed by atoms with E-state index >= 15 is 0 Å². The molecule has 2 aliphatic rings. The quantitative estimate of drug-likeness (QED) is 0.126. The van der Waals surface area contributed by atoms with Gasteiger partial charge in [-0.3, -0.25) is 0 Å². The number of hydrogen-bond donors (Lipinski definition) is 0. The molecule has 49 heavy (non-hydrogen) atoms. The summed E-state index contributed by atoms with van der Waals surface area (Å²) >= 11 is 4.45. The van der Waals surface area contributed by atoms with Gasteiger partial charge in [0.2, 0.25) is 5.95 Å². The first kappa shape index (κ1) is 38.8. The van der Waals surface area contributed by atoms with Crippen LogP contribution in [-0.2, 0) is 22.4 Å². The molecule has 0 aliphatic carbocycles. The molecule has 9 nitrogen and oxygen atoms in total. The lowest BCUT2D eigenvalue weighted by atomic mass is 10.1. The van der Waals surface area contributed by atoms with Crippen LogP contribution in [0.25, 0.3) is 0 Å². The summed E-state index contributed by atoms with van der Waals surface area (Å²) in [6, 6.07) is 24.0. The van der Waals surface area contributed by atoms with Crippen LogP contribution in [0.5, 0.6) is 11.5 Å². The summed E-state index contributed by atoms with van der Waals surface area (Å²) in [5, 5.41) is 0. The molecule has 0 saturated carbocycles. The van der Waals surface area contributed by atoms with E-state index in [0.29, 0.717) is 19.0 Å². The average molecular weight is 898 g/mol. The van der Waals surface area contributed by atoms with Crippen LogP contribution in [-0.4, -0.2) is 83.8 Å². The van der Waals surface area contributed by atoms with Gasteiger partial charge in [-0.25, -0.2) is 9.97 Å². The minimum Gasteiger partial charge on any atom is -0.497 e. The van der Waals surface area contributed by atoms with Crippen molar-refractivity contribution in [3.05, 3.63) is 97.0 Å². The van der Waals surface area contributed by atoms with Gasteiger partial charge in [0.25, 0.3) is 0 Å². The molecule has 0 amide bonds. The monoisotopic (exact) mass is 897 g/mol. The third-order valence-corrected chi connectivity index (χ3v) is 9.09. The first-order valence-corrected chi connectivity index (χ1v) is 18.6. The topological polar surface area (TPSA) is 72.4 Å². The third kappa shape index (κ3) is 13.0. The van der Waals surface area contributed by atoms with Crippen molar-refractivity contribution in [3.8, 4) is 11.5 Å². The number of benzene rings is 2. The van der Waals surface area contributed by atoms with E-state index in [1.165, 1.54) is 27.2 Å². The second-order valence-corrected chi connectivity index (χ2v) is 14.0. The van der Waals surface area contributed by atoms with Gasteiger partial charge >= 0.3 is 0 Å². The zero-order valence-electron chi connectivity index (χ0n) is 28.7. The van der Waals surface area contributed by atoms with Crippen molar-refractivity contribution in [3.63, 3.8) is 0 Å². The maximum atomic E-state index is 13.0. The predicted molar refractivity (Wildman–Crippen MR) is 212 cm³/mol. The molecule has 6 rings (SSSR count). The van der Waals surface area contributed by atoms with Gasteiger partial charge < -0.3 is 33.6 Å². The third-order valence-electron chi connectivity index (χ3n) is 7.85. The van der Waals surface area contributed by atoms with E-state index in [4.69, 9.17) is 23.9 Å². The molecule has 2 aliphatic heterocycles. The largest absolute Gasteiger partial charge is 0.497 e. The van der Waals surface area contributed by atoms with Crippen molar-refractivity contribution < 1.29 is 23.3 Å². The maximum absolute atomic E-state index is 13.0. The number of ether oxygens (including phenoxy) is 4. The van der Waals surface area contributed by atoms with Crippen molar-refractivity contribution in [2.45, 2.75) is 26.3 Å². The highest BCUT2D eigenvalue weighted by Gasteiger charge is 2.16. The number of halogens is 3. The fourth-order valence-electron chi connectivity index (χ4n) is 5.19. The normalized spacial score (nSPS) is 14.2. The van der Waals surface area contributed by atoms with E-state index < -0.39 is 5.95 Å². The smallest absolute Gasteiger partial charge is 0.215 e. The fraction of sp³-hybridized carbons (Fsp3) is 0.405. The Morgan fingerprint density at radius 3 is 1.65 bits per heavy atom. The van der Waals surface area contributed by atoms with Crippen molar-refractivity contribution in [2.75, 3.05) is 88.6 Å². The molecule has 2 saturated heterocycles. The fourth-order valence-corrected chi connectivity index (χ4v) is 6.29. The highest BCUT2D eigenvalue weighted by molar-refractivity contribution is 14.1. The minimum absolute atomic E-state index is 0.418. The first-order valence-electron chi connectivity index (χ1n) is 16.4. The van der Waals surface area contributed by atoms with E-state index in [1.54, 1.807) is 14.2 Å². The van der Waals surface area contributed by atoms with E-state index in [0.717, 1.165) is 79.1 Å². The van der Waals surface area contributed by atoms with Gasteiger partial charge in [0, 0.05) is 53.0 Å². The molecule has 2 aromatic carbocycles. The maximum Gasteiger partial charge on any atom is 0.215 e. The van der Waals surface area contributed by atoms with E-state index in [-0.39, 0.29) is 0 Å². The van der Waals surface area contributed by atoms with Gasteiger partial charge in [-0.05, 0) is 105 Å². The number of morpholine rings is 2. The molecule has 12 heteroatoms. The van der Waals surface area contributed by atoms with Gasteiger partial charge in [-0.2, -0.15) is 4.39 Å². The van der Waals surface area contributed by atoms with E-state index in [9.17, 15) is 4.39 Å². The lowest BCUT2D eigenvalue weighted by molar-refractivity contribution is 0.122. The molecular formula is C37H46FI2N5O4. The van der Waals surface area contributed by atoms with Crippen LogP contribution in [0.3, 0.4) is 0 Å². The van der Waals surface area contributed by atoms with Crippen molar-refractivity contribution in [2.24, 2.45) is 0 Å². The van der Waals surface area contributed by atoms with Crippen molar-refractivity contribution >= 4 is 62.6 Å². The van der Waals surface area contributed by atoms with Crippen molar-refractivity contribution in [1.29, 1.82) is 0 Å². The van der Waals surface area contributed by atoms with Gasteiger partial charge in [-0.15, -0.1) is 0 Å². The number of nitrogens with zero attached hydrogens (tertiary/aromatic N) is 5. The molecule has 264 valence electrons. The number of aryl methyl sites for hydroxylation is 1. The Morgan fingerprint density at radius 1 is 0.714 bits per heavy atom. The number of aromatic nitrogens is 2. The zero-order valence-corrected chi connectivity index (χ0v) is 33.0. The summed E-state index contributed by atoms with van der Waals surface area (Å²) in [5.74, 6) is 4.12. The van der Waals surface area contributed by atoms with Crippen LogP contribution in [0.1, 0.15) is 24.5 Å². The number of anilines is 3. The molecule has 2 aromatic heterocycles. The van der Waals surface area contributed by atoms with Crippen LogP contribution in [0.15, 0.2) is 72.8 Å². The zero-order chi connectivity index (χ0) is 35.0. The summed E-state index contributed by atoms with van der Waals surface area (Å²) < 4.78 is 36.0. The Balaban J connectivity index is 0.000000183. The Morgan fingerprint density at radius 2 is 1.18 bits per heavy atom. The predicted octanol–water partition coefficient (Wildman–Crippen LogP) is 7.48. The van der Waals surface area contributed by atoms with Gasteiger partial charge in [0.15, 0.2) is 0 Å². The average Bonchev–Trinajstić information content (AvgIpc) is 3.13. The second-order valence-electron chi connectivity index (χ2n) is 11.5. The summed E-state index contributed by atoms with van der Waals surface area (Å²) in [7, 11) is 5.45. The van der Waals surface area contributed by atoms with Gasteiger partial charge in [-0.1, -0.05) is 37.6 Å². The first-order chi connectivity index (χ1) is 23.8. The lowest BCUT2D eigenvalue weighted by Gasteiger charge is -2.29. The molecule has 0 spiro atoms. The Labute approximate surface area is 317 Å². The van der Waals surface area contributed by atoms with E-state index in [1.807, 2.05) is 35.2 Å². The molecule has 4 heterocycles. The SMILES string of the molecule is CCCc1ccc(OC)cc1.COc1ccc(CN(C)c2cc(I)cc(N3CCOCC3)n2)cc1.Fc1cc(I)cc(N2CCOCC2)n1. The van der Waals surface area contributed by atoms with Crippen LogP contribution >= 0.6 is 45.2 Å². The molecular weight excluding hydrogens is 851 g/mol. The van der Waals surface area contributed by atoms with Gasteiger partial charge in [0.05, 0.1) is 40.6 Å². The van der Waals surface area contributed by atoms with Crippen LogP contribution < -0.4 is 24.2 Å². The minimum atomic E-state index is -0.418. The lowest BCUT2D eigenvalue weighted by Crippen LogP contribution is -2.37. The number of rotatable bonds is 9.